The standard InChI is InChI=1S/C11H9ClN4O3S/c12-8-3-7(16(18)19)2-1-6(8)5-20-11-14-9(13)4-10(17)15-11/h1-4H,5H2,(H3,13,14,15,17). The average Bonchev–Trinajstić information content (AvgIpc) is 2.36. The van der Waals surface area contributed by atoms with Crippen molar-refractivity contribution in [3.05, 3.63) is 45.0 Å². The summed E-state index contributed by atoms with van der Waals surface area (Å²) >= 11 is 7.18. The maximum Gasteiger partial charge on any atom is 0.270 e. The number of anilines is 1. The molecule has 0 fully saturated rings. The highest BCUT2D eigenvalue weighted by Gasteiger charge is 2.10. The molecule has 0 bridgehead atoms. The zero-order chi connectivity index (χ0) is 14.7. The van der Waals surface area contributed by atoms with Gasteiger partial charge in [0.05, 0.1) is 9.95 Å². The van der Waals surface area contributed by atoms with Crippen molar-refractivity contribution >= 4 is 34.9 Å². The SMILES string of the molecule is Nc1cc(O)nc(SCc2ccc([N+](=O)[O-])cc2Cl)n1. The Morgan fingerprint density at radius 2 is 2.15 bits per heavy atom. The first-order chi connectivity index (χ1) is 9.45. The molecular weight excluding hydrogens is 304 g/mol. The van der Waals surface area contributed by atoms with E-state index in [9.17, 15) is 15.2 Å². The molecule has 0 radical (unpaired) electrons. The number of nitrogens with two attached hydrogens (primary N) is 1. The third kappa shape index (κ3) is 3.49. The second kappa shape index (κ2) is 5.93. The van der Waals surface area contributed by atoms with Gasteiger partial charge in [-0.1, -0.05) is 23.4 Å². The van der Waals surface area contributed by atoms with Crippen molar-refractivity contribution in [2.75, 3.05) is 5.73 Å². The van der Waals surface area contributed by atoms with Gasteiger partial charge in [0, 0.05) is 24.0 Å². The summed E-state index contributed by atoms with van der Waals surface area (Å²) in [6.07, 6.45) is 0. The molecule has 0 unspecified atom stereocenters. The molecule has 1 aromatic carbocycles. The first-order valence-electron chi connectivity index (χ1n) is 5.35. The van der Waals surface area contributed by atoms with Crippen LogP contribution in [0.3, 0.4) is 0 Å². The fourth-order valence-electron chi connectivity index (χ4n) is 1.40. The van der Waals surface area contributed by atoms with E-state index in [2.05, 4.69) is 9.97 Å². The number of non-ortho nitro benzene ring substituents is 1. The summed E-state index contributed by atoms with van der Waals surface area (Å²) in [6, 6.07) is 5.47. The van der Waals surface area contributed by atoms with Crippen molar-refractivity contribution in [3.8, 4) is 5.88 Å². The van der Waals surface area contributed by atoms with Gasteiger partial charge in [0.25, 0.3) is 5.69 Å². The third-order valence-electron chi connectivity index (χ3n) is 2.32. The number of nitro groups is 1. The van der Waals surface area contributed by atoms with Gasteiger partial charge in [0.15, 0.2) is 5.16 Å². The van der Waals surface area contributed by atoms with E-state index < -0.39 is 4.92 Å². The minimum Gasteiger partial charge on any atom is -0.493 e. The predicted molar refractivity (Wildman–Crippen MR) is 75.8 cm³/mol. The zero-order valence-corrected chi connectivity index (χ0v) is 11.6. The minimum atomic E-state index is -0.512. The van der Waals surface area contributed by atoms with Gasteiger partial charge in [-0.25, -0.2) is 4.98 Å². The van der Waals surface area contributed by atoms with Crippen molar-refractivity contribution < 1.29 is 10.0 Å². The Kier molecular flexibility index (Phi) is 4.26. The van der Waals surface area contributed by atoms with Crippen LogP contribution < -0.4 is 5.73 Å². The molecule has 0 amide bonds. The Labute approximate surface area is 123 Å². The van der Waals surface area contributed by atoms with Crippen LogP contribution in [0.25, 0.3) is 0 Å². The van der Waals surface area contributed by atoms with Gasteiger partial charge < -0.3 is 10.8 Å². The van der Waals surface area contributed by atoms with E-state index in [0.717, 1.165) is 0 Å². The molecule has 0 saturated carbocycles. The molecular formula is C11H9ClN4O3S. The monoisotopic (exact) mass is 312 g/mol. The molecule has 9 heteroatoms. The quantitative estimate of drug-likeness (QED) is 0.386. The molecule has 0 aliphatic carbocycles. The van der Waals surface area contributed by atoms with Crippen molar-refractivity contribution in [1.82, 2.24) is 9.97 Å². The molecule has 20 heavy (non-hydrogen) atoms. The molecule has 104 valence electrons. The van der Waals surface area contributed by atoms with E-state index in [-0.39, 0.29) is 17.4 Å². The topological polar surface area (TPSA) is 115 Å². The summed E-state index contributed by atoms with van der Waals surface area (Å²) in [5, 5.41) is 20.5. The molecule has 0 saturated heterocycles. The van der Waals surface area contributed by atoms with Gasteiger partial charge in [0.1, 0.15) is 5.82 Å². The number of nitro benzene ring substituents is 1. The maximum absolute atomic E-state index is 10.6. The summed E-state index contributed by atoms with van der Waals surface area (Å²) < 4.78 is 0. The number of hydrogen-bond acceptors (Lipinski definition) is 7. The molecule has 7 nitrogen and oxygen atoms in total. The number of benzene rings is 1. The van der Waals surface area contributed by atoms with Crippen molar-refractivity contribution in [2.45, 2.75) is 10.9 Å². The largest absolute Gasteiger partial charge is 0.493 e. The fraction of sp³-hybridized carbons (Fsp3) is 0.0909. The normalized spacial score (nSPS) is 10.4. The highest BCUT2D eigenvalue weighted by Crippen LogP contribution is 2.28. The van der Waals surface area contributed by atoms with Crippen LogP contribution in [0.1, 0.15) is 5.56 Å². The zero-order valence-electron chi connectivity index (χ0n) is 9.99. The number of halogens is 1. The molecule has 2 aromatic rings. The van der Waals surface area contributed by atoms with Gasteiger partial charge in [-0.15, -0.1) is 0 Å². The van der Waals surface area contributed by atoms with E-state index in [4.69, 9.17) is 17.3 Å². The van der Waals surface area contributed by atoms with Crippen LogP contribution >= 0.6 is 23.4 Å². The Morgan fingerprint density at radius 1 is 1.40 bits per heavy atom. The number of nitrogen functional groups attached to an aromatic ring is 1. The second-order valence-electron chi connectivity index (χ2n) is 3.76. The number of rotatable bonds is 4. The third-order valence-corrected chi connectivity index (χ3v) is 3.56. The Bertz CT molecular complexity index is 648. The summed E-state index contributed by atoms with van der Waals surface area (Å²) in [4.78, 5) is 17.8. The number of hydrogen-bond donors (Lipinski definition) is 2. The molecule has 0 aliphatic heterocycles. The van der Waals surface area contributed by atoms with Crippen LogP contribution in [0.4, 0.5) is 11.5 Å². The number of thioether (sulfide) groups is 1. The number of aromatic nitrogens is 2. The lowest BCUT2D eigenvalue weighted by atomic mass is 10.2. The second-order valence-corrected chi connectivity index (χ2v) is 5.10. The van der Waals surface area contributed by atoms with Gasteiger partial charge in [-0.05, 0) is 11.6 Å². The highest BCUT2D eigenvalue weighted by atomic mass is 35.5. The van der Waals surface area contributed by atoms with E-state index in [1.165, 1.54) is 30.0 Å². The van der Waals surface area contributed by atoms with Crippen LogP contribution in [0, 0.1) is 10.1 Å². The lowest BCUT2D eigenvalue weighted by molar-refractivity contribution is -0.384. The molecule has 1 heterocycles. The number of aromatic hydroxyl groups is 1. The Hall–Kier alpha value is -2.06. The van der Waals surface area contributed by atoms with E-state index in [1.807, 2.05) is 0 Å². The van der Waals surface area contributed by atoms with Crippen LogP contribution in [0.5, 0.6) is 5.88 Å². The summed E-state index contributed by atoms with van der Waals surface area (Å²) in [5.74, 6) is 0.351. The smallest absolute Gasteiger partial charge is 0.270 e. The van der Waals surface area contributed by atoms with Crippen molar-refractivity contribution in [3.63, 3.8) is 0 Å². The summed E-state index contributed by atoms with van der Waals surface area (Å²) in [6.45, 7) is 0. The molecule has 3 N–H and O–H groups in total. The minimum absolute atomic E-state index is 0.0680. The van der Waals surface area contributed by atoms with Gasteiger partial charge in [-0.2, -0.15) is 4.98 Å². The van der Waals surface area contributed by atoms with Gasteiger partial charge in [0.2, 0.25) is 5.88 Å². The lowest BCUT2D eigenvalue weighted by Crippen LogP contribution is -1.95. The Morgan fingerprint density at radius 3 is 2.75 bits per heavy atom. The first-order valence-corrected chi connectivity index (χ1v) is 6.71. The molecule has 2 rings (SSSR count). The average molecular weight is 313 g/mol. The summed E-state index contributed by atoms with van der Waals surface area (Å²) in [5.41, 5.74) is 6.12. The molecule has 0 spiro atoms. The van der Waals surface area contributed by atoms with Crippen LogP contribution in [0.15, 0.2) is 29.4 Å². The Balaban J connectivity index is 2.12. The predicted octanol–water partition coefficient (Wildman–Crippen LogP) is 2.62. The lowest BCUT2D eigenvalue weighted by Gasteiger charge is -2.04. The van der Waals surface area contributed by atoms with E-state index in [1.54, 1.807) is 6.07 Å². The first kappa shape index (κ1) is 14.4. The molecule has 0 aliphatic rings. The highest BCUT2D eigenvalue weighted by molar-refractivity contribution is 7.98. The van der Waals surface area contributed by atoms with Gasteiger partial charge >= 0.3 is 0 Å². The van der Waals surface area contributed by atoms with Crippen molar-refractivity contribution in [2.24, 2.45) is 0 Å². The van der Waals surface area contributed by atoms with E-state index in [0.29, 0.717) is 21.5 Å². The van der Waals surface area contributed by atoms with Crippen molar-refractivity contribution in [1.29, 1.82) is 0 Å². The van der Waals surface area contributed by atoms with Crippen LogP contribution in [-0.4, -0.2) is 20.0 Å². The van der Waals surface area contributed by atoms with Crippen LogP contribution in [-0.2, 0) is 5.75 Å². The van der Waals surface area contributed by atoms with E-state index >= 15 is 0 Å². The molecule has 1 aromatic heterocycles. The molecule has 0 atom stereocenters. The van der Waals surface area contributed by atoms with Gasteiger partial charge in [-0.3, -0.25) is 10.1 Å². The maximum atomic E-state index is 10.6. The number of nitrogens with zero attached hydrogens (tertiary/aromatic N) is 3. The summed E-state index contributed by atoms with van der Waals surface area (Å²) in [7, 11) is 0. The fourth-order valence-corrected chi connectivity index (χ4v) is 2.59. The van der Waals surface area contributed by atoms with Crippen LogP contribution in [0.2, 0.25) is 5.02 Å².